The van der Waals surface area contributed by atoms with Gasteiger partial charge in [-0.15, -0.1) is 0 Å². The molecule has 0 radical (unpaired) electrons. The number of hydrogen-bond acceptors (Lipinski definition) is 1. The molecule has 1 aromatic rings. The first-order valence-corrected chi connectivity index (χ1v) is 6.35. The molecule has 0 saturated carbocycles. The normalized spacial score (nSPS) is 23.6. The minimum absolute atomic E-state index is 0. The van der Waals surface area contributed by atoms with Gasteiger partial charge in [0.15, 0.2) is 0 Å². The molecule has 0 saturated heterocycles. The predicted molar refractivity (Wildman–Crippen MR) is 69.6 cm³/mol. The van der Waals surface area contributed by atoms with Crippen molar-refractivity contribution in [3.8, 4) is 0 Å². The third kappa shape index (κ3) is 3.13. The summed E-state index contributed by atoms with van der Waals surface area (Å²) in [6, 6.07) is 8.88. The van der Waals surface area contributed by atoms with Crippen molar-refractivity contribution in [2.45, 2.75) is 20.4 Å². The van der Waals surface area contributed by atoms with E-state index in [2.05, 4.69) is 50.1 Å². The average molecular weight is 346 g/mol. The summed E-state index contributed by atoms with van der Waals surface area (Å²) >= 11 is 0. The molecule has 1 heterocycles. The van der Waals surface area contributed by atoms with Crippen molar-refractivity contribution in [2.24, 2.45) is 0 Å². The van der Waals surface area contributed by atoms with E-state index in [0.717, 1.165) is 11.0 Å². The Morgan fingerprint density at radius 1 is 1.24 bits per heavy atom. The number of halogens is 1. The lowest BCUT2D eigenvalue weighted by Gasteiger charge is -2.32. The largest absolute Gasteiger partial charge is 1.00 e. The van der Waals surface area contributed by atoms with Crippen molar-refractivity contribution in [1.82, 2.24) is 0 Å². The van der Waals surface area contributed by atoms with Crippen molar-refractivity contribution < 1.29 is 28.5 Å². The molecule has 0 bridgehead atoms. The Morgan fingerprint density at radius 3 is 2.59 bits per heavy atom. The van der Waals surface area contributed by atoms with E-state index in [0.29, 0.717) is 0 Å². The molecular formula is C14H23IN2. The first-order valence-electron chi connectivity index (χ1n) is 6.35. The summed E-state index contributed by atoms with van der Waals surface area (Å²) in [6.07, 6.45) is 0. The summed E-state index contributed by atoms with van der Waals surface area (Å²) in [5.41, 5.74) is 2.95. The molecule has 1 aromatic carbocycles. The first kappa shape index (κ1) is 14.8. The molecule has 1 aliphatic rings. The van der Waals surface area contributed by atoms with Crippen LogP contribution in [0.5, 0.6) is 0 Å². The molecule has 0 fully saturated rings. The first-order chi connectivity index (χ1) is 7.68. The molecule has 1 atom stereocenters. The lowest BCUT2D eigenvalue weighted by molar-refractivity contribution is -0.919. The topological polar surface area (TPSA) is 3.24 Å². The van der Waals surface area contributed by atoms with Crippen LogP contribution in [0, 0.1) is 0 Å². The lowest BCUT2D eigenvalue weighted by Crippen LogP contribution is -3.00. The zero-order valence-electron chi connectivity index (χ0n) is 11.1. The summed E-state index contributed by atoms with van der Waals surface area (Å²) in [6.45, 7) is 10.5. The molecule has 0 aromatic heterocycles. The molecule has 96 valence electrons. The zero-order chi connectivity index (χ0) is 11.6. The van der Waals surface area contributed by atoms with E-state index in [1.807, 2.05) is 0 Å². The van der Waals surface area contributed by atoms with Crippen LogP contribution in [0.3, 0.4) is 0 Å². The molecule has 3 heteroatoms. The summed E-state index contributed by atoms with van der Waals surface area (Å²) in [7, 11) is 2.37. The second-order valence-electron chi connectivity index (χ2n) is 5.03. The van der Waals surface area contributed by atoms with E-state index in [9.17, 15) is 0 Å². The minimum atomic E-state index is 0. The van der Waals surface area contributed by atoms with Crippen molar-refractivity contribution >= 4 is 5.69 Å². The van der Waals surface area contributed by atoms with Crippen LogP contribution in [-0.4, -0.2) is 37.7 Å². The molecule has 2 rings (SSSR count). The second kappa shape index (κ2) is 6.05. The molecule has 1 unspecified atom stereocenters. The van der Waals surface area contributed by atoms with Crippen LogP contribution in [0.2, 0.25) is 0 Å². The molecule has 2 nitrogen and oxygen atoms in total. The van der Waals surface area contributed by atoms with Gasteiger partial charge in [-0.3, -0.25) is 0 Å². The highest BCUT2D eigenvalue weighted by molar-refractivity contribution is 5.53. The average Bonchev–Trinajstić information content (AvgIpc) is 2.45. The smallest absolute Gasteiger partial charge is 0.106 e. The fraction of sp³-hybridized carbons (Fsp3) is 0.571. The van der Waals surface area contributed by atoms with Crippen LogP contribution in [0.25, 0.3) is 0 Å². The van der Waals surface area contributed by atoms with Gasteiger partial charge in [0.05, 0.1) is 26.7 Å². The highest BCUT2D eigenvalue weighted by Crippen LogP contribution is 2.27. The standard InChI is InChI=1S/C14H23N2.HI/c1-4-15-10-11-16(3,5-2)12-13-8-6-7-9-14(13)15;/h6-9H,4-5,10-12H2,1-3H3;1H/q+1;/p-1. The van der Waals surface area contributed by atoms with E-state index in [1.165, 1.54) is 37.4 Å². The predicted octanol–water partition coefficient (Wildman–Crippen LogP) is -0.503. The third-order valence-corrected chi connectivity index (χ3v) is 3.94. The number of rotatable bonds is 2. The van der Waals surface area contributed by atoms with Gasteiger partial charge in [-0.25, -0.2) is 0 Å². The van der Waals surface area contributed by atoms with Gasteiger partial charge < -0.3 is 33.4 Å². The van der Waals surface area contributed by atoms with Gasteiger partial charge in [0, 0.05) is 17.8 Å². The lowest BCUT2D eigenvalue weighted by atomic mass is 10.1. The Balaban J connectivity index is 0.00000144. The van der Waals surface area contributed by atoms with Crippen LogP contribution in [0.15, 0.2) is 24.3 Å². The Hall–Kier alpha value is -0.290. The molecule has 0 N–H and O–H groups in total. The van der Waals surface area contributed by atoms with Gasteiger partial charge in [-0.1, -0.05) is 18.2 Å². The summed E-state index contributed by atoms with van der Waals surface area (Å²) < 4.78 is 1.16. The number of para-hydroxylation sites is 1. The number of fused-ring (bicyclic) bond motifs is 1. The van der Waals surface area contributed by atoms with Crippen molar-refractivity contribution in [1.29, 1.82) is 0 Å². The molecule has 0 aliphatic carbocycles. The van der Waals surface area contributed by atoms with Crippen LogP contribution < -0.4 is 28.9 Å². The maximum Gasteiger partial charge on any atom is 0.106 e. The SMILES string of the molecule is CCN1CC[N+](C)(CC)Cc2ccccc21.[I-]. The van der Waals surface area contributed by atoms with E-state index in [1.54, 1.807) is 0 Å². The van der Waals surface area contributed by atoms with Crippen molar-refractivity contribution in [3.05, 3.63) is 29.8 Å². The molecular weight excluding hydrogens is 323 g/mol. The highest BCUT2D eigenvalue weighted by atomic mass is 127. The monoisotopic (exact) mass is 346 g/mol. The number of anilines is 1. The quantitative estimate of drug-likeness (QED) is 0.516. The van der Waals surface area contributed by atoms with Gasteiger partial charge in [0.2, 0.25) is 0 Å². The second-order valence-corrected chi connectivity index (χ2v) is 5.03. The van der Waals surface area contributed by atoms with Gasteiger partial charge in [0.25, 0.3) is 0 Å². The Morgan fingerprint density at radius 2 is 1.94 bits per heavy atom. The number of quaternary nitrogens is 1. The molecule has 1 aliphatic heterocycles. The van der Waals surface area contributed by atoms with Gasteiger partial charge in [-0.2, -0.15) is 0 Å². The van der Waals surface area contributed by atoms with E-state index >= 15 is 0 Å². The maximum atomic E-state index is 2.51. The van der Waals surface area contributed by atoms with E-state index < -0.39 is 0 Å². The third-order valence-electron chi connectivity index (χ3n) is 3.94. The number of hydrogen-bond donors (Lipinski definition) is 0. The van der Waals surface area contributed by atoms with Gasteiger partial charge >= 0.3 is 0 Å². The Kier molecular flexibility index (Phi) is 5.25. The number of likely N-dealkylation sites (N-methyl/N-ethyl adjacent to an activating group) is 2. The molecule has 17 heavy (non-hydrogen) atoms. The van der Waals surface area contributed by atoms with Crippen LogP contribution in [0.1, 0.15) is 19.4 Å². The van der Waals surface area contributed by atoms with Crippen LogP contribution >= 0.6 is 0 Å². The summed E-state index contributed by atoms with van der Waals surface area (Å²) in [5.74, 6) is 0. The minimum Gasteiger partial charge on any atom is -1.00 e. The van der Waals surface area contributed by atoms with Crippen molar-refractivity contribution in [2.75, 3.05) is 38.1 Å². The number of nitrogens with zero attached hydrogens (tertiary/aromatic N) is 2. The molecule has 0 spiro atoms. The summed E-state index contributed by atoms with van der Waals surface area (Å²) in [4.78, 5) is 2.51. The highest BCUT2D eigenvalue weighted by Gasteiger charge is 2.27. The fourth-order valence-electron chi connectivity index (χ4n) is 2.52. The Labute approximate surface area is 122 Å². The van der Waals surface area contributed by atoms with E-state index in [4.69, 9.17) is 0 Å². The Bertz CT molecular complexity index is 367. The van der Waals surface area contributed by atoms with Gasteiger partial charge in [-0.05, 0) is 19.9 Å². The molecule has 0 amide bonds. The van der Waals surface area contributed by atoms with Gasteiger partial charge in [0.1, 0.15) is 6.54 Å². The van der Waals surface area contributed by atoms with Crippen molar-refractivity contribution in [3.63, 3.8) is 0 Å². The maximum absolute atomic E-state index is 2.51. The van der Waals surface area contributed by atoms with E-state index in [-0.39, 0.29) is 24.0 Å². The zero-order valence-corrected chi connectivity index (χ0v) is 13.3. The number of benzene rings is 1. The fourth-order valence-corrected chi connectivity index (χ4v) is 2.52. The van der Waals surface area contributed by atoms with Crippen LogP contribution in [-0.2, 0) is 6.54 Å². The van der Waals surface area contributed by atoms with Crippen LogP contribution in [0.4, 0.5) is 5.69 Å². The summed E-state index contributed by atoms with van der Waals surface area (Å²) in [5, 5.41) is 0.